The van der Waals surface area contributed by atoms with Crippen molar-refractivity contribution in [1.29, 1.82) is 0 Å². The highest BCUT2D eigenvalue weighted by Crippen LogP contribution is 2.27. The average Bonchev–Trinajstić information content (AvgIpc) is 2.96. The van der Waals surface area contributed by atoms with Crippen LogP contribution in [0.5, 0.6) is 0 Å². The first-order valence-electron chi connectivity index (χ1n) is 10.2. The molecule has 0 saturated carbocycles. The van der Waals surface area contributed by atoms with Crippen LogP contribution in [0.4, 0.5) is 5.82 Å². The Morgan fingerprint density at radius 3 is 2.75 bits per heavy atom. The number of ether oxygens (including phenoxy) is 1. The van der Waals surface area contributed by atoms with Crippen LogP contribution < -0.4 is 10.5 Å². The van der Waals surface area contributed by atoms with Gasteiger partial charge in [0.2, 0.25) is 0 Å². The molecular weight excluding hydrogens is 356 g/mol. The summed E-state index contributed by atoms with van der Waals surface area (Å²) in [7, 11) is 2.01. The van der Waals surface area contributed by atoms with Gasteiger partial charge in [-0.05, 0) is 13.3 Å². The molecule has 4 heterocycles. The van der Waals surface area contributed by atoms with Gasteiger partial charge in [-0.25, -0.2) is 4.98 Å². The van der Waals surface area contributed by atoms with Crippen molar-refractivity contribution in [2.75, 3.05) is 37.7 Å². The molecule has 0 aromatic carbocycles. The Kier molecular flexibility index (Phi) is 5.50. The summed E-state index contributed by atoms with van der Waals surface area (Å²) in [6.45, 7) is 9.79. The summed E-state index contributed by atoms with van der Waals surface area (Å²) in [4.78, 5) is 24.9. The number of H-pyrrole nitrogens is 1. The number of hydrogen-bond donors (Lipinski definition) is 1. The van der Waals surface area contributed by atoms with E-state index in [0.29, 0.717) is 6.54 Å². The highest BCUT2D eigenvalue weighted by Gasteiger charge is 2.26. The first-order chi connectivity index (χ1) is 13.6. The third-order valence-corrected chi connectivity index (χ3v) is 5.69. The molecule has 8 heteroatoms. The molecule has 0 radical (unpaired) electrons. The molecule has 1 saturated heterocycles. The van der Waals surface area contributed by atoms with Gasteiger partial charge in [0.05, 0.1) is 30.2 Å². The first kappa shape index (κ1) is 19.1. The normalized spacial score (nSPS) is 17.8. The minimum Gasteiger partial charge on any atom is -0.378 e. The average molecular weight is 387 g/mol. The molecule has 2 aliphatic rings. The van der Waals surface area contributed by atoms with Gasteiger partial charge in [-0.3, -0.25) is 14.4 Å². The predicted molar refractivity (Wildman–Crippen MR) is 108 cm³/mol. The van der Waals surface area contributed by atoms with Gasteiger partial charge in [0, 0.05) is 58.2 Å². The van der Waals surface area contributed by atoms with E-state index in [-0.39, 0.29) is 5.56 Å². The lowest BCUT2D eigenvalue weighted by molar-refractivity contribution is 0.122. The second kappa shape index (κ2) is 8.05. The van der Waals surface area contributed by atoms with Crippen LogP contribution in [0.25, 0.3) is 0 Å². The Balaban J connectivity index is 1.56. The topological polar surface area (TPSA) is 79.3 Å². The molecule has 0 amide bonds. The molecule has 8 nitrogen and oxygen atoms in total. The van der Waals surface area contributed by atoms with Gasteiger partial charge in [-0.15, -0.1) is 0 Å². The number of anilines is 1. The van der Waals surface area contributed by atoms with E-state index >= 15 is 0 Å². The van der Waals surface area contributed by atoms with Crippen LogP contribution in [0, 0.1) is 6.92 Å². The van der Waals surface area contributed by atoms with Gasteiger partial charge < -0.3 is 14.6 Å². The maximum atomic E-state index is 12.6. The van der Waals surface area contributed by atoms with Crippen molar-refractivity contribution in [2.24, 2.45) is 7.05 Å². The van der Waals surface area contributed by atoms with E-state index < -0.39 is 0 Å². The first-order valence-corrected chi connectivity index (χ1v) is 10.2. The quantitative estimate of drug-likeness (QED) is 0.831. The number of aryl methyl sites for hydroxylation is 3. The number of hydrogen-bond acceptors (Lipinski definition) is 6. The highest BCUT2D eigenvalue weighted by atomic mass is 16.5. The largest absolute Gasteiger partial charge is 0.378 e. The zero-order chi connectivity index (χ0) is 19.7. The van der Waals surface area contributed by atoms with E-state index in [9.17, 15) is 4.79 Å². The van der Waals surface area contributed by atoms with E-state index in [4.69, 9.17) is 9.72 Å². The van der Waals surface area contributed by atoms with Crippen LogP contribution in [0.2, 0.25) is 0 Å². The number of morpholine rings is 1. The van der Waals surface area contributed by atoms with E-state index in [1.807, 2.05) is 11.7 Å². The van der Waals surface area contributed by atoms with Crippen LogP contribution in [0.15, 0.2) is 4.79 Å². The molecule has 0 bridgehead atoms. The van der Waals surface area contributed by atoms with Gasteiger partial charge in [0.1, 0.15) is 11.6 Å². The van der Waals surface area contributed by atoms with E-state index in [1.54, 1.807) is 0 Å². The Hall–Kier alpha value is -2.19. The van der Waals surface area contributed by atoms with Crippen LogP contribution in [0.3, 0.4) is 0 Å². The third-order valence-electron chi connectivity index (χ3n) is 5.69. The van der Waals surface area contributed by atoms with Crippen molar-refractivity contribution >= 4 is 5.82 Å². The number of nitrogens with zero attached hydrogens (tertiary/aromatic N) is 5. The Labute approximate surface area is 165 Å². The smallest absolute Gasteiger partial charge is 0.255 e. The fourth-order valence-electron chi connectivity index (χ4n) is 4.29. The van der Waals surface area contributed by atoms with E-state index in [1.165, 1.54) is 11.4 Å². The van der Waals surface area contributed by atoms with Gasteiger partial charge in [0.15, 0.2) is 0 Å². The lowest BCUT2D eigenvalue weighted by Gasteiger charge is -2.32. The van der Waals surface area contributed by atoms with Crippen LogP contribution >= 0.6 is 0 Å². The standard InChI is InChI=1S/C20H30N6O2/c1-4-5-18-21-17-6-7-25(13-16(17)19(27)22-18)12-15-14(2)23-24(3)20(15)26-8-10-28-11-9-26/h4-13H2,1-3H3,(H,21,22,27). The number of aromatic nitrogens is 4. The monoisotopic (exact) mass is 386 g/mol. The number of nitrogens with one attached hydrogen (secondary N) is 1. The second-order valence-corrected chi connectivity index (χ2v) is 7.76. The van der Waals surface area contributed by atoms with Gasteiger partial charge in [0.25, 0.3) is 5.56 Å². The Bertz CT molecular complexity index is 897. The predicted octanol–water partition coefficient (Wildman–Crippen LogP) is 1.16. The summed E-state index contributed by atoms with van der Waals surface area (Å²) >= 11 is 0. The van der Waals surface area contributed by atoms with Crippen LogP contribution in [0.1, 0.15) is 41.7 Å². The van der Waals surface area contributed by atoms with Crippen molar-refractivity contribution in [3.8, 4) is 0 Å². The SMILES string of the molecule is CCCc1nc2c(c(=O)[nH]1)CN(Cc1c(C)nn(C)c1N1CCOCC1)CC2. The molecule has 4 rings (SSSR count). The summed E-state index contributed by atoms with van der Waals surface area (Å²) in [5.41, 5.74) is 4.12. The molecule has 2 aliphatic heterocycles. The Morgan fingerprint density at radius 2 is 2.00 bits per heavy atom. The molecule has 152 valence electrons. The number of fused-ring (bicyclic) bond motifs is 1. The highest BCUT2D eigenvalue weighted by molar-refractivity contribution is 5.50. The lowest BCUT2D eigenvalue weighted by Crippen LogP contribution is -2.39. The van der Waals surface area contributed by atoms with Crippen molar-refractivity contribution in [1.82, 2.24) is 24.6 Å². The zero-order valence-corrected chi connectivity index (χ0v) is 17.1. The molecule has 28 heavy (non-hydrogen) atoms. The molecule has 0 unspecified atom stereocenters. The zero-order valence-electron chi connectivity index (χ0n) is 17.1. The molecule has 0 spiro atoms. The molecule has 0 aliphatic carbocycles. The van der Waals surface area contributed by atoms with Gasteiger partial charge >= 0.3 is 0 Å². The summed E-state index contributed by atoms with van der Waals surface area (Å²) in [6, 6.07) is 0. The minimum atomic E-state index is 0.0226. The Morgan fingerprint density at radius 1 is 1.21 bits per heavy atom. The van der Waals surface area contributed by atoms with Crippen LogP contribution in [-0.4, -0.2) is 57.5 Å². The number of rotatable bonds is 5. The lowest BCUT2D eigenvalue weighted by atomic mass is 10.1. The van der Waals surface area contributed by atoms with Crippen molar-refractivity contribution in [3.05, 3.63) is 38.7 Å². The van der Waals surface area contributed by atoms with Crippen molar-refractivity contribution < 1.29 is 4.74 Å². The molecule has 0 atom stereocenters. The maximum absolute atomic E-state index is 12.6. The van der Waals surface area contributed by atoms with Crippen LogP contribution in [-0.2, 0) is 37.7 Å². The van der Waals surface area contributed by atoms with Crippen molar-refractivity contribution in [3.63, 3.8) is 0 Å². The fraction of sp³-hybridized carbons (Fsp3) is 0.650. The molecular formula is C20H30N6O2. The van der Waals surface area contributed by atoms with Crippen molar-refractivity contribution in [2.45, 2.75) is 46.2 Å². The molecule has 1 N–H and O–H groups in total. The van der Waals surface area contributed by atoms with Gasteiger partial charge in [-0.2, -0.15) is 5.10 Å². The summed E-state index contributed by atoms with van der Waals surface area (Å²) in [5, 5.41) is 4.67. The van der Waals surface area contributed by atoms with E-state index in [0.717, 1.165) is 81.4 Å². The molecule has 1 fully saturated rings. The summed E-state index contributed by atoms with van der Waals surface area (Å²) < 4.78 is 7.50. The minimum absolute atomic E-state index is 0.0226. The molecule has 2 aromatic heterocycles. The molecule has 2 aromatic rings. The second-order valence-electron chi connectivity index (χ2n) is 7.76. The summed E-state index contributed by atoms with van der Waals surface area (Å²) in [6.07, 6.45) is 2.63. The third kappa shape index (κ3) is 3.71. The maximum Gasteiger partial charge on any atom is 0.255 e. The van der Waals surface area contributed by atoms with Gasteiger partial charge in [-0.1, -0.05) is 6.92 Å². The summed E-state index contributed by atoms with van der Waals surface area (Å²) in [5.74, 6) is 1.99. The fourth-order valence-corrected chi connectivity index (χ4v) is 4.29. The number of aromatic amines is 1. The van der Waals surface area contributed by atoms with E-state index in [2.05, 4.69) is 33.7 Å².